The molecule has 0 fully saturated rings. The summed E-state index contributed by atoms with van der Waals surface area (Å²) >= 11 is 0. The van der Waals surface area contributed by atoms with Gasteiger partial charge in [-0.25, -0.2) is 8.42 Å². The number of carbonyl (C=O) groups excluding carboxylic acids is 3. The SMILES string of the molecule is CC(=O)Nc1ccc(S(=O)(=O)NC(C)C(=O)NNC(=O)COc2ccc(C)c(C)c2)cc1. The van der Waals surface area contributed by atoms with Crippen LogP contribution in [0.5, 0.6) is 5.75 Å². The van der Waals surface area contributed by atoms with Crippen LogP contribution < -0.4 is 25.6 Å². The molecule has 0 aliphatic heterocycles. The molecule has 0 saturated heterocycles. The maximum absolute atomic E-state index is 12.4. The summed E-state index contributed by atoms with van der Waals surface area (Å²) in [6.45, 7) is 6.21. The lowest BCUT2D eigenvalue weighted by Gasteiger charge is -2.15. The van der Waals surface area contributed by atoms with Crippen LogP contribution in [0.2, 0.25) is 0 Å². The molecular formula is C21H26N4O6S. The van der Waals surface area contributed by atoms with Gasteiger partial charge < -0.3 is 10.1 Å². The molecule has 2 rings (SSSR count). The van der Waals surface area contributed by atoms with Gasteiger partial charge in [-0.05, 0) is 68.3 Å². The fraction of sp³-hybridized carbons (Fsp3) is 0.286. The number of amides is 3. The Morgan fingerprint density at radius 3 is 2.22 bits per heavy atom. The van der Waals surface area contributed by atoms with E-state index in [4.69, 9.17) is 4.74 Å². The molecule has 1 unspecified atom stereocenters. The Morgan fingerprint density at radius 1 is 0.969 bits per heavy atom. The Bertz CT molecular complexity index is 1100. The van der Waals surface area contributed by atoms with Crippen molar-refractivity contribution in [2.45, 2.75) is 38.6 Å². The fourth-order valence-corrected chi connectivity index (χ4v) is 3.71. The summed E-state index contributed by atoms with van der Waals surface area (Å²) in [7, 11) is -4.00. The minimum absolute atomic E-state index is 0.0860. The maximum Gasteiger partial charge on any atom is 0.276 e. The topological polar surface area (TPSA) is 143 Å². The predicted molar refractivity (Wildman–Crippen MR) is 118 cm³/mol. The smallest absolute Gasteiger partial charge is 0.276 e. The van der Waals surface area contributed by atoms with Crippen molar-refractivity contribution < 1.29 is 27.5 Å². The van der Waals surface area contributed by atoms with E-state index in [1.807, 2.05) is 19.9 Å². The number of rotatable bonds is 8. The summed E-state index contributed by atoms with van der Waals surface area (Å²) in [4.78, 5) is 35.0. The van der Waals surface area contributed by atoms with Gasteiger partial charge in [0.05, 0.1) is 10.9 Å². The number of hydrogen-bond donors (Lipinski definition) is 4. The van der Waals surface area contributed by atoms with Crippen LogP contribution in [0.25, 0.3) is 0 Å². The van der Waals surface area contributed by atoms with Crippen LogP contribution in [0.4, 0.5) is 5.69 Å². The summed E-state index contributed by atoms with van der Waals surface area (Å²) in [5, 5.41) is 2.53. The first kappa shape index (κ1) is 24.8. The summed E-state index contributed by atoms with van der Waals surface area (Å²) in [5.74, 6) is -1.14. The lowest BCUT2D eigenvalue weighted by atomic mass is 10.1. The average molecular weight is 463 g/mol. The molecule has 2 aromatic rings. The molecule has 1 atom stereocenters. The van der Waals surface area contributed by atoms with Crippen molar-refractivity contribution in [3.8, 4) is 5.75 Å². The van der Waals surface area contributed by atoms with Crippen LogP contribution in [0, 0.1) is 13.8 Å². The molecule has 0 aromatic heterocycles. The first-order chi connectivity index (χ1) is 15.0. The molecule has 32 heavy (non-hydrogen) atoms. The number of hydrazine groups is 1. The third-order valence-electron chi connectivity index (χ3n) is 4.38. The van der Waals surface area contributed by atoms with Gasteiger partial charge in [0, 0.05) is 12.6 Å². The summed E-state index contributed by atoms with van der Waals surface area (Å²) in [6, 6.07) is 9.66. The zero-order valence-electron chi connectivity index (χ0n) is 18.2. The second-order valence-corrected chi connectivity index (χ2v) is 8.83. The molecule has 2 aromatic carbocycles. The Balaban J connectivity index is 1.84. The normalized spacial score (nSPS) is 11.9. The van der Waals surface area contributed by atoms with Crippen molar-refractivity contribution in [2.24, 2.45) is 0 Å². The van der Waals surface area contributed by atoms with Gasteiger partial charge in [0.2, 0.25) is 15.9 Å². The van der Waals surface area contributed by atoms with Crippen LogP contribution in [0.3, 0.4) is 0 Å². The van der Waals surface area contributed by atoms with Gasteiger partial charge in [0.15, 0.2) is 6.61 Å². The maximum atomic E-state index is 12.4. The largest absolute Gasteiger partial charge is 0.484 e. The van der Waals surface area contributed by atoms with Gasteiger partial charge in [-0.3, -0.25) is 25.2 Å². The van der Waals surface area contributed by atoms with Crippen LogP contribution in [0.15, 0.2) is 47.4 Å². The van der Waals surface area contributed by atoms with Gasteiger partial charge in [-0.2, -0.15) is 4.72 Å². The molecule has 11 heteroatoms. The highest BCUT2D eigenvalue weighted by molar-refractivity contribution is 7.89. The standard InChI is InChI=1S/C21H26N4O6S/c1-13-5-8-18(11-14(13)2)31-12-20(27)23-24-21(28)15(3)25-32(29,30)19-9-6-17(7-10-19)22-16(4)26/h5-11,15,25H,12H2,1-4H3,(H,22,26)(H,23,27)(H,24,28). The number of nitrogens with one attached hydrogen (secondary N) is 4. The van der Waals surface area contributed by atoms with Crippen LogP contribution in [0.1, 0.15) is 25.0 Å². The van der Waals surface area contributed by atoms with E-state index in [9.17, 15) is 22.8 Å². The number of carbonyl (C=O) groups is 3. The van der Waals surface area contributed by atoms with Crippen LogP contribution in [-0.4, -0.2) is 38.8 Å². The lowest BCUT2D eigenvalue weighted by molar-refractivity contribution is -0.130. The molecule has 0 aliphatic carbocycles. The minimum Gasteiger partial charge on any atom is -0.484 e. The Hall–Kier alpha value is -3.44. The van der Waals surface area contributed by atoms with Crippen LogP contribution in [-0.2, 0) is 24.4 Å². The van der Waals surface area contributed by atoms with Gasteiger partial charge in [-0.1, -0.05) is 6.07 Å². The third kappa shape index (κ3) is 7.36. The quantitative estimate of drug-likeness (QED) is 0.434. The van der Waals surface area contributed by atoms with Crippen molar-refractivity contribution in [1.29, 1.82) is 0 Å². The van der Waals surface area contributed by atoms with E-state index < -0.39 is 27.9 Å². The Labute approximate surface area is 186 Å². The second-order valence-electron chi connectivity index (χ2n) is 7.12. The number of hydrogen-bond acceptors (Lipinski definition) is 6. The van der Waals surface area contributed by atoms with E-state index in [-0.39, 0.29) is 17.4 Å². The zero-order valence-corrected chi connectivity index (χ0v) is 19.0. The highest BCUT2D eigenvalue weighted by atomic mass is 32.2. The third-order valence-corrected chi connectivity index (χ3v) is 5.94. The average Bonchev–Trinajstić information content (AvgIpc) is 2.72. The van der Waals surface area contributed by atoms with E-state index in [1.54, 1.807) is 12.1 Å². The van der Waals surface area contributed by atoms with E-state index in [1.165, 1.54) is 38.1 Å². The Morgan fingerprint density at radius 2 is 1.62 bits per heavy atom. The number of aryl methyl sites for hydroxylation is 2. The Kier molecular flexibility index (Phi) is 8.33. The van der Waals surface area contributed by atoms with Crippen LogP contribution >= 0.6 is 0 Å². The first-order valence-corrected chi connectivity index (χ1v) is 11.1. The van der Waals surface area contributed by atoms with Gasteiger partial charge in [0.1, 0.15) is 5.75 Å². The molecule has 3 amide bonds. The predicted octanol–water partition coefficient (Wildman–Crippen LogP) is 1.16. The minimum atomic E-state index is -4.00. The molecule has 0 radical (unpaired) electrons. The van der Waals surface area contributed by atoms with Gasteiger partial charge in [0.25, 0.3) is 11.8 Å². The highest BCUT2D eigenvalue weighted by Crippen LogP contribution is 2.16. The molecule has 0 aliphatic rings. The molecule has 0 saturated carbocycles. The van der Waals surface area contributed by atoms with E-state index in [0.717, 1.165) is 11.1 Å². The molecule has 0 spiro atoms. The highest BCUT2D eigenvalue weighted by Gasteiger charge is 2.22. The second kappa shape index (κ2) is 10.7. The molecular weight excluding hydrogens is 436 g/mol. The van der Waals surface area contributed by atoms with Crippen molar-refractivity contribution in [3.63, 3.8) is 0 Å². The molecule has 4 N–H and O–H groups in total. The summed E-state index contributed by atoms with van der Waals surface area (Å²) in [6.07, 6.45) is 0. The molecule has 0 heterocycles. The van der Waals surface area contributed by atoms with Crippen molar-refractivity contribution >= 4 is 33.4 Å². The van der Waals surface area contributed by atoms with Gasteiger partial charge >= 0.3 is 0 Å². The molecule has 0 bridgehead atoms. The number of anilines is 1. The van der Waals surface area contributed by atoms with Crippen molar-refractivity contribution in [2.75, 3.05) is 11.9 Å². The molecule has 10 nitrogen and oxygen atoms in total. The van der Waals surface area contributed by atoms with E-state index >= 15 is 0 Å². The first-order valence-electron chi connectivity index (χ1n) is 9.66. The zero-order chi connectivity index (χ0) is 23.9. The lowest BCUT2D eigenvalue weighted by Crippen LogP contribution is -2.51. The van der Waals surface area contributed by atoms with E-state index in [2.05, 4.69) is 20.9 Å². The van der Waals surface area contributed by atoms with E-state index in [0.29, 0.717) is 11.4 Å². The number of benzene rings is 2. The van der Waals surface area contributed by atoms with Gasteiger partial charge in [-0.15, -0.1) is 0 Å². The number of sulfonamides is 1. The monoisotopic (exact) mass is 462 g/mol. The summed E-state index contributed by atoms with van der Waals surface area (Å²) in [5.41, 5.74) is 6.87. The van der Waals surface area contributed by atoms with Crippen molar-refractivity contribution in [1.82, 2.24) is 15.6 Å². The summed E-state index contributed by atoms with van der Waals surface area (Å²) < 4.78 is 32.5. The fourth-order valence-electron chi connectivity index (χ4n) is 2.50. The number of ether oxygens (including phenoxy) is 1. The molecule has 172 valence electrons. The van der Waals surface area contributed by atoms with Crippen molar-refractivity contribution in [3.05, 3.63) is 53.6 Å².